The molecule has 7 heteroatoms. The molecule has 1 aliphatic rings. The van der Waals surface area contributed by atoms with E-state index in [0.29, 0.717) is 21.3 Å². The van der Waals surface area contributed by atoms with Gasteiger partial charge in [-0.3, -0.25) is 4.79 Å². The van der Waals surface area contributed by atoms with Crippen LogP contribution >= 0.6 is 23.2 Å². The van der Waals surface area contributed by atoms with Gasteiger partial charge in [0.25, 0.3) is 0 Å². The van der Waals surface area contributed by atoms with Gasteiger partial charge in [0, 0.05) is 15.6 Å². The van der Waals surface area contributed by atoms with Gasteiger partial charge in [0.15, 0.2) is 5.71 Å². The van der Waals surface area contributed by atoms with Gasteiger partial charge in [-0.25, -0.2) is 0 Å². The summed E-state index contributed by atoms with van der Waals surface area (Å²) < 4.78 is 0. The Bertz CT molecular complexity index is 783. The van der Waals surface area contributed by atoms with E-state index in [0.717, 1.165) is 5.01 Å². The van der Waals surface area contributed by atoms with Crippen molar-refractivity contribution in [2.45, 2.75) is 0 Å². The molecule has 1 heterocycles. The first kappa shape index (κ1) is 14.6. The molecule has 110 valence electrons. The standard InChI is InChI=1S/C15H9Cl2N3O2/c16-10-6-11(17)8-12(7-10)20-15(21)14(19-22)13(18-20)9-4-2-1-3-5-9/h1-8,22H/b19-14+. The third-order valence-electron chi connectivity index (χ3n) is 3.06. The number of hydrogen-bond donors (Lipinski definition) is 1. The molecule has 1 N–H and O–H groups in total. The number of hydrogen-bond acceptors (Lipinski definition) is 4. The van der Waals surface area contributed by atoms with Crippen LogP contribution < -0.4 is 5.01 Å². The molecule has 0 fully saturated rings. The Morgan fingerprint density at radius 1 is 1.05 bits per heavy atom. The number of benzene rings is 2. The van der Waals surface area contributed by atoms with Gasteiger partial charge in [0.1, 0.15) is 5.71 Å². The molecule has 2 aromatic rings. The van der Waals surface area contributed by atoms with E-state index in [1.807, 2.05) is 6.07 Å². The second kappa shape index (κ2) is 5.79. The molecule has 0 atom stereocenters. The van der Waals surface area contributed by atoms with Crippen molar-refractivity contribution < 1.29 is 10.0 Å². The summed E-state index contributed by atoms with van der Waals surface area (Å²) in [5.74, 6) is -0.556. The van der Waals surface area contributed by atoms with Crippen LogP contribution in [0, 0.1) is 0 Å². The van der Waals surface area contributed by atoms with Crippen molar-refractivity contribution in [3.05, 3.63) is 64.1 Å². The summed E-state index contributed by atoms with van der Waals surface area (Å²) in [4.78, 5) is 12.4. The predicted octanol–water partition coefficient (Wildman–Crippen LogP) is 3.57. The minimum absolute atomic E-state index is 0.137. The number of nitrogens with zero attached hydrogens (tertiary/aromatic N) is 3. The number of carbonyl (C=O) groups excluding carboxylic acids is 1. The minimum atomic E-state index is -0.556. The molecule has 0 bridgehead atoms. The van der Waals surface area contributed by atoms with E-state index in [1.165, 1.54) is 0 Å². The molecule has 22 heavy (non-hydrogen) atoms. The lowest BCUT2D eigenvalue weighted by atomic mass is 10.1. The topological polar surface area (TPSA) is 65.3 Å². The van der Waals surface area contributed by atoms with Gasteiger partial charge in [0.2, 0.25) is 0 Å². The normalized spacial score (nSPS) is 16.3. The van der Waals surface area contributed by atoms with Crippen molar-refractivity contribution in [3.8, 4) is 0 Å². The molecule has 0 unspecified atom stereocenters. The summed E-state index contributed by atoms with van der Waals surface area (Å²) >= 11 is 11.9. The van der Waals surface area contributed by atoms with Crippen molar-refractivity contribution >= 4 is 46.2 Å². The number of amides is 1. The maximum absolute atomic E-state index is 12.4. The highest BCUT2D eigenvalue weighted by molar-refractivity contribution is 6.74. The first-order valence-electron chi connectivity index (χ1n) is 6.27. The van der Waals surface area contributed by atoms with Gasteiger partial charge < -0.3 is 5.21 Å². The van der Waals surface area contributed by atoms with Crippen LogP contribution in [0.2, 0.25) is 10.0 Å². The van der Waals surface area contributed by atoms with Crippen LogP contribution in [-0.2, 0) is 4.79 Å². The number of halogens is 2. The summed E-state index contributed by atoms with van der Waals surface area (Å²) in [5, 5.41) is 18.3. The lowest BCUT2D eigenvalue weighted by molar-refractivity contribution is -0.112. The second-order valence-electron chi connectivity index (χ2n) is 4.51. The van der Waals surface area contributed by atoms with Crippen LogP contribution in [0.15, 0.2) is 58.8 Å². The Morgan fingerprint density at radius 2 is 1.68 bits per heavy atom. The minimum Gasteiger partial charge on any atom is -0.410 e. The average Bonchev–Trinajstić information content (AvgIpc) is 2.84. The Labute approximate surface area is 136 Å². The summed E-state index contributed by atoms with van der Waals surface area (Å²) in [6, 6.07) is 13.6. The first-order valence-corrected chi connectivity index (χ1v) is 7.03. The number of hydrazone groups is 1. The Balaban J connectivity index is 2.10. The SMILES string of the molecule is O=C1/C(=N/O)C(c2ccccc2)=NN1c1cc(Cl)cc(Cl)c1. The highest BCUT2D eigenvalue weighted by Crippen LogP contribution is 2.28. The third kappa shape index (κ3) is 2.56. The van der Waals surface area contributed by atoms with Crippen LogP contribution in [-0.4, -0.2) is 22.5 Å². The van der Waals surface area contributed by atoms with Crippen molar-refractivity contribution in [1.29, 1.82) is 0 Å². The van der Waals surface area contributed by atoms with E-state index in [4.69, 9.17) is 28.4 Å². The zero-order valence-electron chi connectivity index (χ0n) is 11.1. The maximum Gasteiger partial charge on any atom is 0.303 e. The Hall–Kier alpha value is -2.37. The lowest BCUT2D eigenvalue weighted by Gasteiger charge is -2.11. The van der Waals surface area contributed by atoms with Gasteiger partial charge in [-0.15, -0.1) is 0 Å². The number of anilines is 1. The zero-order valence-corrected chi connectivity index (χ0v) is 12.6. The van der Waals surface area contributed by atoms with Crippen LogP contribution in [0.3, 0.4) is 0 Å². The highest BCUT2D eigenvalue weighted by Gasteiger charge is 2.34. The van der Waals surface area contributed by atoms with E-state index in [9.17, 15) is 4.79 Å². The van der Waals surface area contributed by atoms with Crippen molar-refractivity contribution in [2.24, 2.45) is 10.3 Å². The smallest absolute Gasteiger partial charge is 0.303 e. The quantitative estimate of drug-likeness (QED) is 0.674. The molecule has 2 aromatic carbocycles. The monoisotopic (exact) mass is 333 g/mol. The highest BCUT2D eigenvalue weighted by atomic mass is 35.5. The van der Waals surface area contributed by atoms with Gasteiger partial charge in [0.05, 0.1) is 5.69 Å². The molecule has 1 aliphatic heterocycles. The molecule has 0 saturated carbocycles. The molecule has 5 nitrogen and oxygen atoms in total. The molecule has 0 aliphatic carbocycles. The Kier molecular flexibility index (Phi) is 3.83. The van der Waals surface area contributed by atoms with Gasteiger partial charge in [-0.05, 0) is 18.2 Å². The van der Waals surface area contributed by atoms with Crippen LogP contribution in [0.25, 0.3) is 0 Å². The van der Waals surface area contributed by atoms with E-state index >= 15 is 0 Å². The average molecular weight is 334 g/mol. The summed E-state index contributed by atoms with van der Waals surface area (Å²) in [5.41, 5.74) is 1.21. The van der Waals surface area contributed by atoms with Crippen molar-refractivity contribution in [3.63, 3.8) is 0 Å². The van der Waals surface area contributed by atoms with E-state index in [-0.39, 0.29) is 11.4 Å². The van der Waals surface area contributed by atoms with E-state index in [1.54, 1.807) is 42.5 Å². The largest absolute Gasteiger partial charge is 0.410 e. The predicted molar refractivity (Wildman–Crippen MR) is 86.1 cm³/mol. The molecule has 0 radical (unpaired) electrons. The van der Waals surface area contributed by atoms with E-state index < -0.39 is 5.91 Å². The lowest BCUT2D eigenvalue weighted by Crippen LogP contribution is -2.27. The molecule has 3 rings (SSSR count). The second-order valence-corrected chi connectivity index (χ2v) is 5.38. The fourth-order valence-corrected chi connectivity index (χ4v) is 2.63. The van der Waals surface area contributed by atoms with E-state index in [2.05, 4.69) is 10.3 Å². The molecular weight excluding hydrogens is 325 g/mol. The fraction of sp³-hybridized carbons (Fsp3) is 0. The summed E-state index contributed by atoms with van der Waals surface area (Å²) in [6.07, 6.45) is 0. The molecule has 0 aromatic heterocycles. The zero-order chi connectivity index (χ0) is 15.7. The number of carbonyl (C=O) groups is 1. The van der Waals surface area contributed by atoms with Gasteiger partial charge in [-0.2, -0.15) is 10.1 Å². The van der Waals surface area contributed by atoms with Gasteiger partial charge in [-0.1, -0.05) is 58.7 Å². The Morgan fingerprint density at radius 3 is 2.27 bits per heavy atom. The molecular formula is C15H9Cl2N3O2. The fourth-order valence-electron chi connectivity index (χ4n) is 2.11. The van der Waals surface area contributed by atoms with Gasteiger partial charge >= 0.3 is 5.91 Å². The summed E-state index contributed by atoms with van der Waals surface area (Å²) in [6.45, 7) is 0. The first-order chi connectivity index (χ1) is 10.6. The van der Waals surface area contributed by atoms with Crippen molar-refractivity contribution in [2.75, 3.05) is 5.01 Å². The van der Waals surface area contributed by atoms with Crippen LogP contribution in [0.1, 0.15) is 5.56 Å². The maximum atomic E-state index is 12.4. The summed E-state index contributed by atoms with van der Waals surface area (Å²) in [7, 11) is 0. The third-order valence-corrected chi connectivity index (χ3v) is 3.49. The van der Waals surface area contributed by atoms with Crippen LogP contribution in [0.5, 0.6) is 0 Å². The number of rotatable bonds is 2. The number of oxime groups is 1. The molecule has 1 amide bonds. The van der Waals surface area contributed by atoms with Crippen LogP contribution in [0.4, 0.5) is 5.69 Å². The van der Waals surface area contributed by atoms with Crippen molar-refractivity contribution in [1.82, 2.24) is 0 Å². The molecule has 0 saturated heterocycles. The molecule has 0 spiro atoms.